The molecule has 2 aromatic rings. The van der Waals surface area contributed by atoms with Gasteiger partial charge in [0.05, 0.1) is 12.3 Å². The third kappa shape index (κ3) is 4.95. The van der Waals surface area contributed by atoms with Crippen molar-refractivity contribution in [3.05, 3.63) is 42.7 Å². The van der Waals surface area contributed by atoms with Crippen molar-refractivity contribution in [3.63, 3.8) is 0 Å². The summed E-state index contributed by atoms with van der Waals surface area (Å²) >= 11 is 0. The molecule has 0 unspecified atom stereocenters. The highest BCUT2D eigenvalue weighted by Crippen LogP contribution is 2.35. The summed E-state index contributed by atoms with van der Waals surface area (Å²) in [4.78, 5) is 32.0. The Kier molecular flexibility index (Phi) is 7.08. The van der Waals surface area contributed by atoms with Crippen molar-refractivity contribution >= 4 is 17.5 Å². The molecular formula is C26H33N3O3. The minimum Gasteiger partial charge on any atom is -0.491 e. The van der Waals surface area contributed by atoms with Gasteiger partial charge in [-0.25, -0.2) is 0 Å². The van der Waals surface area contributed by atoms with Crippen LogP contribution >= 0.6 is 0 Å². The number of carbonyl (C=O) groups is 2. The molecule has 2 amide bonds. The SMILES string of the molecule is CCC(CC)C(=O)N1CC[C@H]2CC(=O)Nc3cc(-c4cccnc4)ccc3OCC[C@H]2C1. The van der Waals surface area contributed by atoms with E-state index in [9.17, 15) is 9.59 Å². The van der Waals surface area contributed by atoms with Crippen LogP contribution in [0.5, 0.6) is 5.75 Å². The van der Waals surface area contributed by atoms with E-state index in [-0.39, 0.29) is 29.6 Å². The first-order valence-corrected chi connectivity index (χ1v) is 11.8. The highest BCUT2D eigenvalue weighted by atomic mass is 16.5. The monoisotopic (exact) mass is 435 g/mol. The number of hydrogen-bond acceptors (Lipinski definition) is 4. The Morgan fingerprint density at radius 3 is 2.78 bits per heavy atom. The maximum atomic E-state index is 12.9. The van der Waals surface area contributed by atoms with E-state index in [1.165, 1.54) is 0 Å². The molecule has 2 aliphatic rings. The molecule has 0 bridgehead atoms. The Morgan fingerprint density at radius 1 is 1.19 bits per heavy atom. The molecule has 3 heterocycles. The smallest absolute Gasteiger partial charge is 0.225 e. The fraction of sp³-hybridized carbons (Fsp3) is 0.500. The van der Waals surface area contributed by atoms with E-state index in [2.05, 4.69) is 24.1 Å². The van der Waals surface area contributed by atoms with E-state index < -0.39 is 0 Å². The second-order valence-corrected chi connectivity index (χ2v) is 8.95. The molecule has 170 valence electrons. The predicted octanol–water partition coefficient (Wildman–Crippen LogP) is 4.76. The number of anilines is 1. The minimum absolute atomic E-state index is 0.00913. The van der Waals surface area contributed by atoms with Gasteiger partial charge < -0.3 is 15.0 Å². The minimum atomic E-state index is 0.00913. The van der Waals surface area contributed by atoms with Crippen LogP contribution in [0.15, 0.2) is 42.7 Å². The quantitative estimate of drug-likeness (QED) is 0.752. The average molecular weight is 436 g/mol. The fourth-order valence-corrected chi connectivity index (χ4v) is 5.00. The maximum Gasteiger partial charge on any atom is 0.225 e. The molecule has 0 radical (unpaired) electrons. The lowest BCUT2D eigenvalue weighted by atomic mass is 9.80. The Labute approximate surface area is 190 Å². The number of fused-ring (bicyclic) bond motifs is 2. The second-order valence-electron chi connectivity index (χ2n) is 8.95. The molecule has 0 spiro atoms. The Morgan fingerprint density at radius 2 is 2.03 bits per heavy atom. The van der Waals surface area contributed by atoms with E-state index in [1.54, 1.807) is 6.20 Å². The van der Waals surface area contributed by atoms with Crippen LogP contribution in [0.2, 0.25) is 0 Å². The van der Waals surface area contributed by atoms with Crippen LogP contribution in [-0.2, 0) is 9.59 Å². The molecular weight excluding hydrogens is 402 g/mol. The molecule has 2 aliphatic heterocycles. The van der Waals surface area contributed by atoms with Crippen molar-refractivity contribution < 1.29 is 14.3 Å². The third-order valence-corrected chi connectivity index (χ3v) is 6.98. The molecule has 32 heavy (non-hydrogen) atoms. The zero-order chi connectivity index (χ0) is 22.5. The van der Waals surface area contributed by atoms with E-state index in [1.807, 2.05) is 41.4 Å². The Bertz CT molecular complexity index is 943. The molecule has 1 aromatic carbocycles. The molecule has 4 rings (SSSR count). The normalized spacial score (nSPS) is 21.2. The first-order valence-electron chi connectivity index (χ1n) is 11.8. The van der Waals surface area contributed by atoms with Gasteiger partial charge in [0.1, 0.15) is 5.75 Å². The van der Waals surface area contributed by atoms with Gasteiger partial charge in [0, 0.05) is 43.4 Å². The van der Waals surface area contributed by atoms with E-state index in [0.29, 0.717) is 24.5 Å². The van der Waals surface area contributed by atoms with Gasteiger partial charge in [-0.2, -0.15) is 0 Å². The van der Waals surface area contributed by atoms with Gasteiger partial charge in [-0.1, -0.05) is 26.0 Å². The molecule has 6 heteroatoms. The van der Waals surface area contributed by atoms with Gasteiger partial charge in [0.15, 0.2) is 0 Å². The van der Waals surface area contributed by atoms with Crippen molar-refractivity contribution in [3.8, 4) is 16.9 Å². The number of piperidine rings is 1. The van der Waals surface area contributed by atoms with Crippen molar-refractivity contribution in [2.45, 2.75) is 46.0 Å². The lowest BCUT2D eigenvalue weighted by Crippen LogP contribution is -2.47. The molecule has 1 N–H and O–H groups in total. The zero-order valence-electron chi connectivity index (χ0n) is 19.0. The predicted molar refractivity (Wildman–Crippen MR) is 125 cm³/mol. The topological polar surface area (TPSA) is 71.5 Å². The summed E-state index contributed by atoms with van der Waals surface area (Å²) in [6.45, 7) is 6.20. The molecule has 0 aliphatic carbocycles. The number of aromatic nitrogens is 1. The van der Waals surface area contributed by atoms with Gasteiger partial charge in [-0.3, -0.25) is 14.6 Å². The fourth-order valence-electron chi connectivity index (χ4n) is 5.00. The van der Waals surface area contributed by atoms with E-state index in [0.717, 1.165) is 49.9 Å². The Balaban J connectivity index is 1.50. The van der Waals surface area contributed by atoms with Gasteiger partial charge in [0.25, 0.3) is 0 Å². The number of nitrogens with one attached hydrogen (secondary N) is 1. The van der Waals surface area contributed by atoms with E-state index in [4.69, 9.17) is 4.74 Å². The summed E-state index contributed by atoms with van der Waals surface area (Å²) in [5.74, 6) is 1.62. The summed E-state index contributed by atoms with van der Waals surface area (Å²) in [5.41, 5.74) is 2.69. The zero-order valence-corrected chi connectivity index (χ0v) is 19.0. The lowest BCUT2D eigenvalue weighted by molar-refractivity contribution is -0.138. The van der Waals surface area contributed by atoms with Crippen molar-refractivity contribution in [1.29, 1.82) is 0 Å². The number of rotatable bonds is 4. The molecule has 1 aromatic heterocycles. The van der Waals surface area contributed by atoms with Crippen LogP contribution in [0, 0.1) is 17.8 Å². The van der Waals surface area contributed by atoms with Crippen LogP contribution in [0.4, 0.5) is 5.69 Å². The van der Waals surface area contributed by atoms with Crippen LogP contribution < -0.4 is 10.1 Å². The summed E-state index contributed by atoms with van der Waals surface area (Å²) in [6.07, 6.45) is 7.50. The standard InChI is InChI=1S/C26H33N3O3/c1-3-18(4-2)26(31)29-12-9-20-15-25(30)28-23-14-19(21-6-5-11-27-16-21)7-8-24(23)32-13-10-22(20)17-29/h5-8,11,14,16,18,20,22H,3-4,9-10,12-13,15,17H2,1-2H3,(H,28,30)/t20-,22-/m0/s1. The highest BCUT2D eigenvalue weighted by molar-refractivity contribution is 5.93. The molecule has 1 saturated heterocycles. The van der Waals surface area contributed by atoms with Crippen LogP contribution in [0.3, 0.4) is 0 Å². The number of benzene rings is 1. The van der Waals surface area contributed by atoms with Crippen molar-refractivity contribution in [1.82, 2.24) is 9.88 Å². The van der Waals surface area contributed by atoms with Crippen LogP contribution in [0.25, 0.3) is 11.1 Å². The largest absolute Gasteiger partial charge is 0.491 e. The summed E-state index contributed by atoms with van der Waals surface area (Å²) in [6, 6.07) is 9.77. The number of amides is 2. The average Bonchev–Trinajstić information content (AvgIpc) is 2.82. The van der Waals surface area contributed by atoms with Crippen LogP contribution in [0.1, 0.15) is 46.0 Å². The number of nitrogens with zero attached hydrogens (tertiary/aromatic N) is 2. The number of hydrogen-bond donors (Lipinski definition) is 1. The van der Waals surface area contributed by atoms with Crippen molar-refractivity contribution in [2.75, 3.05) is 25.0 Å². The maximum absolute atomic E-state index is 12.9. The molecule has 0 saturated carbocycles. The van der Waals surface area contributed by atoms with Gasteiger partial charge in [-0.15, -0.1) is 0 Å². The molecule has 1 fully saturated rings. The van der Waals surface area contributed by atoms with Crippen LogP contribution in [-0.4, -0.2) is 41.4 Å². The van der Waals surface area contributed by atoms with Gasteiger partial charge in [-0.05, 0) is 61.3 Å². The lowest BCUT2D eigenvalue weighted by Gasteiger charge is -2.40. The molecule has 2 atom stereocenters. The number of likely N-dealkylation sites (tertiary alicyclic amines) is 1. The number of ether oxygens (including phenoxy) is 1. The first-order chi connectivity index (χ1) is 15.6. The summed E-state index contributed by atoms with van der Waals surface area (Å²) in [7, 11) is 0. The highest BCUT2D eigenvalue weighted by Gasteiger charge is 2.34. The van der Waals surface area contributed by atoms with Gasteiger partial charge in [0.2, 0.25) is 11.8 Å². The molecule has 6 nitrogen and oxygen atoms in total. The number of pyridine rings is 1. The summed E-state index contributed by atoms with van der Waals surface area (Å²) in [5, 5.41) is 3.08. The third-order valence-electron chi connectivity index (χ3n) is 6.98. The van der Waals surface area contributed by atoms with E-state index >= 15 is 0 Å². The Hall–Kier alpha value is -2.89. The summed E-state index contributed by atoms with van der Waals surface area (Å²) < 4.78 is 6.10. The van der Waals surface area contributed by atoms with Gasteiger partial charge >= 0.3 is 0 Å². The second kappa shape index (κ2) is 10.2. The number of carbonyl (C=O) groups excluding carboxylic acids is 2. The van der Waals surface area contributed by atoms with Crippen molar-refractivity contribution in [2.24, 2.45) is 17.8 Å². The first kappa shape index (κ1) is 22.3.